The molecule has 5 nitrogen and oxygen atoms in total. The van der Waals surface area contributed by atoms with E-state index in [0.29, 0.717) is 6.10 Å². The van der Waals surface area contributed by atoms with E-state index in [0.717, 1.165) is 42.3 Å². The van der Waals surface area contributed by atoms with Gasteiger partial charge in [0, 0.05) is 20.3 Å². The Morgan fingerprint density at radius 1 is 1.53 bits per heavy atom. The third kappa shape index (κ3) is 2.15. The van der Waals surface area contributed by atoms with E-state index >= 15 is 0 Å². The van der Waals surface area contributed by atoms with Crippen LogP contribution >= 0.6 is 9.24 Å². The number of nitrogens with zero attached hydrogens (tertiary/aromatic N) is 3. The van der Waals surface area contributed by atoms with Crippen LogP contribution in [0.3, 0.4) is 0 Å². The average Bonchev–Trinajstić information content (AvgIpc) is 3.04. The molecule has 3 atom stereocenters. The second-order valence-corrected chi connectivity index (χ2v) is 5.63. The molecule has 0 saturated carbocycles. The van der Waals surface area contributed by atoms with Crippen LogP contribution in [0, 0.1) is 0 Å². The van der Waals surface area contributed by atoms with E-state index in [1.54, 1.807) is 0 Å². The molecular formula is C13H21N4OP. The molecule has 3 heterocycles. The number of nitrogens with one attached hydrogen (secondary N) is 1. The van der Waals surface area contributed by atoms with Gasteiger partial charge in [0.05, 0.1) is 11.5 Å². The standard InChI is InChI=1S/C13H21N4OP/c1-14-12-10-5-7-17(13(10)15-16(12)2)11-4-3-9(18-11)6-8-19/h5,7,9,11,14H,3-4,6,8,19H2,1-2H3. The van der Waals surface area contributed by atoms with Gasteiger partial charge in [0.1, 0.15) is 12.0 Å². The minimum absolute atomic E-state index is 0.138. The summed E-state index contributed by atoms with van der Waals surface area (Å²) in [5.74, 6) is 1.05. The molecule has 1 fully saturated rings. The van der Waals surface area contributed by atoms with Crippen LogP contribution in [-0.2, 0) is 11.8 Å². The Bertz CT molecular complexity index is 576. The topological polar surface area (TPSA) is 44.0 Å². The molecule has 0 bridgehead atoms. The Morgan fingerprint density at radius 3 is 3.11 bits per heavy atom. The van der Waals surface area contributed by atoms with Crippen molar-refractivity contribution in [2.45, 2.75) is 31.6 Å². The summed E-state index contributed by atoms with van der Waals surface area (Å²) in [6.07, 6.45) is 7.06. The fourth-order valence-electron chi connectivity index (χ4n) is 2.91. The molecular weight excluding hydrogens is 259 g/mol. The largest absolute Gasteiger partial charge is 0.373 e. The van der Waals surface area contributed by atoms with E-state index in [-0.39, 0.29) is 6.23 Å². The molecule has 0 amide bonds. The summed E-state index contributed by atoms with van der Waals surface area (Å²) in [4.78, 5) is 0. The van der Waals surface area contributed by atoms with E-state index in [9.17, 15) is 0 Å². The first-order valence-electron chi connectivity index (χ1n) is 6.81. The fourth-order valence-corrected chi connectivity index (χ4v) is 3.29. The molecule has 104 valence electrons. The van der Waals surface area contributed by atoms with Gasteiger partial charge in [-0.25, -0.2) is 0 Å². The van der Waals surface area contributed by atoms with Crippen LogP contribution in [0.1, 0.15) is 25.5 Å². The maximum atomic E-state index is 6.12. The number of rotatable bonds is 4. The van der Waals surface area contributed by atoms with Crippen molar-refractivity contribution in [3.05, 3.63) is 12.3 Å². The first-order valence-corrected chi connectivity index (χ1v) is 7.63. The highest BCUT2D eigenvalue weighted by molar-refractivity contribution is 7.16. The van der Waals surface area contributed by atoms with Crippen LogP contribution in [0.2, 0.25) is 0 Å². The lowest BCUT2D eigenvalue weighted by Gasteiger charge is -2.14. The second kappa shape index (κ2) is 5.14. The predicted octanol–water partition coefficient (Wildman–Crippen LogP) is 2.36. The number of anilines is 1. The summed E-state index contributed by atoms with van der Waals surface area (Å²) in [6.45, 7) is 0. The Morgan fingerprint density at radius 2 is 2.37 bits per heavy atom. The molecule has 1 N–H and O–H groups in total. The third-order valence-electron chi connectivity index (χ3n) is 3.83. The summed E-state index contributed by atoms with van der Waals surface area (Å²) in [5, 5.41) is 8.94. The van der Waals surface area contributed by atoms with Crippen molar-refractivity contribution in [2.24, 2.45) is 7.05 Å². The molecule has 1 saturated heterocycles. The quantitative estimate of drug-likeness (QED) is 0.874. The summed E-state index contributed by atoms with van der Waals surface area (Å²) in [7, 11) is 6.66. The van der Waals surface area contributed by atoms with Crippen molar-refractivity contribution < 1.29 is 4.74 Å². The predicted molar refractivity (Wildman–Crippen MR) is 80.6 cm³/mol. The molecule has 0 spiro atoms. The highest BCUT2D eigenvalue weighted by Gasteiger charge is 2.27. The third-order valence-corrected chi connectivity index (χ3v) is 4.16. The van der Waals surface area contributed by atoms with Crippen molar-refractivity contribution in [1.29, 1.82) is 0 Å². The van der Waals surface area contributed by atoms with Crippen LogP contribution in [-0.4, -0.2) is 33.7 Å². The van der Waals surface area contributed by atoms with Gasteiger partial charge in [-0.2, -0.15) is 5.10 Å². The molecule has 0 radical (unpaired) electrons. The molecule has 3 unspecified atom stereocenters. The van der Waals surface area contributed by atoms with Gasteiger partial charge in [-0.15, -0.1) is 9.24 Å². The fraction of sp³-hybridized carbons (Fsp3) is 0.615. The highest BCUT2D eigenvalue weighted by Crippen LogP contribution is 2.34. The van der Waals surface area contributed by atoms with Crippen LogP contribution in [0.4, 0.5) is 5.82 Å². The first kappa shape index (κ1) is 12.9. The van der Waals surface area contributed by atoms with Crippen molar-refractivity contribution >= 4 is 26.1 Å². The van der Waals surface area contributed by atoms with E-state index in [2.05, 4.69) is 36.5 Å². The van der Waals surface area contributed by atoms with E-state index in [1.165, 1.54) is 0 Å². The number of hydrogen-bond donors (Lipinski definition) is 1. The number of hydrogen-bond acceptors (Lipinski definition) is 3. The summed E-state index contributed by atoms with van der Waals surface area (Å²) < 4.78 is 10.2. The maximum Gasteiger partial charge on any atom is 0.166 e. The lowest BCUT2D eigenvalue weighted by molar-refractivity contribution is 0.00366. The average molecular weight is 280 g/mol. The van der Waals surface area contributed by atoms with Crippen molar-refractivity contribution in [2.75, 3.05) is 18.5 Å². The molecule has 0 aliphatic carbocycles. The molecule has 2 aromatic heterocycles. The molecule has 19 heavy (non-hydrogen) atoms. The lowest BCUT2D eigenvalue weighted by Crippen LogP contribution is -2.11. The Labute approximate surface area is 115 Å². The van der Waals surface area contributed by atoms with Crippen LogP contribution < -0.4 is 5.32 Å². The Hall–Kier alpha value is -1.06. The molecule has 1 aliphatic rings. The minimum atomic E-state index is 0.138. The van der Waals surface area contributed by atoms with Gasteiger partial charge in [-0.3, -0.25) is 4.68 Å². The molecule has 0 aromatic carbocycles. The Balaban J connectivity index is 1.90. The Kier molecular flexibility index (Phi) is 3.50. The number of ether oxygens (including phenoxy) is 1. The van der Waals surface area contributed by atoms with Gasteiger partial charge in [0.25, 0.3) is 0 Å². The van der Waals surface area contributed by atoms with Crippen molar-refractivity contribution in [3.8, 4) is 0 Å². The van der Waals surface area contributed by atoms with Gasteiger partial charge in [-0.05, 0) is 31.5 Å². The maximum absolute atomic E-state index is 6.12. The smallest absolute Gasteiger partial charge is 0.166 e. The molecule has 6 heteroatoms. The molecule has 3 rings (SSSR count). The van der Waals surface area contributed by atoms with Crippen LogP contribution in [0.5, 0.6) is 0 Å². The summed E-state index contributed by atoms with van der Waals surface area (Å²) >= 11 is 0. The van der Waals surface area contributed by atoms with E-state index < -0.39 is 0 Å². The molecule has 2 aromatic rings. The number of aromatic nitrogens is 3. The van der Waals surface area contributed by atoms with Crippen LogP contribution in [0.25, 0.3) is 11.0 Å². The number of fused-ring (bicyclic) bond motifs is 1. The van der Waals surface area contributed by atoms with Crippen LogP contribution in [0.15, 0.2) is 12.3 Å². The zero-order chi connectivity index (χ0) is 13.4. The van der Waals surface area contributed by atoms with Gasteiger partial charge in [0.2, 0.25) is 0 Å². The first-order chi connectivity index (χ1) is 9.24. The van der Waals surface area contributed by atoms with Crippen molar-refractivity contribution in [1.82, 2.24) is 14.3 Å². The van der Waals surface area contributed by atoms with Gasteiger partial charge >= 0.3 is 0 Å². The lowest BCUT2D eigenvalue weighted by atomic mass is 10.2. The zero-order valence-electron chi connectivity index (χ0n) is 11.5. The normalized spacial score (nSPS) is 23.3. The number of aryl methyl sites for hydroxylation is 1. The summed E-state index contributed by atoms with van der Waals surface area (Å²) in [6, 6.07) is 2.11. The zero-order valence-corrected chi connectivity index (χ0v) is 12.6. The van der Waals surface area contributed by atoms with Crippen molar-refractivity contribution in [3.63, 3.8) is 0 Å². The summed E-state index contributed by atoms with van der Waals surface area (Å²) in [5.41, 5.74) is 1.00. The monoisotopic (exact) mass is 280 g/mol. The SMILES string of the molecule is CNc1c2ccn(C3CCC(CCP)O3)c2nn1C. The molecule has 1 aliphatic heterocycles. The van der Waals surface area contributed by atoms with Gasteiger partial charge in [0.15, 0.2) is 5.65 Å². The van der Waals surface area contributed by atoms with Gasteiger partial charge < -0.3 is 14.6 Å². The van der Waals surface area contributed by atoms with E-state index in [1.807, 2.05) is 18.8 Å². The van der Waals surface area contributed by atoms with Gasteiger partial charge in [-0.1, -0.05) is 0 Å². The van der Waals surface area contributed by atoms with E-state index in [4.69, 9.17) is 4.74 Å². The highest BCUT2D eigenvalue weighted by atomic mass is 31.0. The second-order valence-electron chi connectivity index (χ2n) is 5.05. The minimum Gasteiger partial charge on any atom is -0.373 e.